The molecule has 0 bridgehead atoms. The van der Waals surface area contributed by atoms with Gasteiger partial charge in [-0.3, -0.25) is 15.3 Å². The molecule has 108 valence electrons. The Morgan fingerprint density at radius 2 is 2.40 bits per heavy atom. The second kappa shape index (κ2) is 5.98. The van der Waals surface area contributed by atoms with Crippen molar-refractivity contribution in [2.45, 2.75) is 45.2 Å². The second-order valence-corrected chi connectivity index (χ2v) is 5.07. The average molecular weight is 278 g/mol. The maximum Gasteiger partial charge on any atom is 0.323 e. The van der Waals surface area contributed by atoms with Crippen LogP contribution in [0.4, 0.5) is 9.18 Å². The molecule has 0 aromatic carbocycles. The standard InChI is InChI=1S/C14H19FN4O/c1-3-9(2)18-14(20)19-12(4-5-13(19)16)10-6-11(15)8-17-7-10/h6-9,12,16H,3-5H2,1-2H3,(H,18,20). The van der Waals surface area contributed by atoms with Crippen molar-refractivity contribution in [3.63, 3.8) is 0 Å². The van der Waals surface area contributed by atoms with Gasteiger partial charge >= 0.3 is 6.03 Å². The Hall–Kier alpha value is -1.98. The summed E-state index contributed by atoms with van der Waals surface area (Å²) in [5, 5.41) is 10.8. The molecule has 1 aromatic rings. The van der Waals surface area contributed by atoms with Crippen molar-refractivity contribution in [1.29, 1.82) is 5.41 Å². The van der Waals surface area contributed by atoms with Gasteiger partial charge in [-0.25, -0.2) is 9.18 Å². The number of hydrogen-bond donors (Lipinski definition) is 2. The molecule has 0 radical (unpaired) electrons. The molecule has 2 unspecified atom stereocenters. The van der Waals surface area contributed by atoms with Gasteiger partial charge in [-0.05, 0) is 31.4 Å². The van der Waals surface area contributed by atoms with Gasteiger partial charge in [0.15, 0.2) is 0 Å². The fourth-order valence-electron chi connectivity index (χ4n) is 2.28. The van der Waals surface area contributed by atoms with Gasteiger partial charge < -0.3 is 5.32 Å². The van der Waals surface area contributed by atoms with Crippen molar-refractivity contribution in [3.05, 3.63) is 29.8 Å². The first-order valence-corrected chi connectivity index (χ1v) is 6.80. The maximum absolute atomic E-state index is 13.3. The monoisotopic (exact) mass is 278 g/mol. The summed E-state index contributed by atoms with van der Waals surface area (Å²) in [7, 11) is 0. The number of rotatable bonds is 3. The first-order chi connectivity index (χ1) is 9.52. The van der Waals surface area contributed by atoms with E-state index in [1.54, 1.807) is 6.20 Å². The lowest BCUT2D eigenvalue weighted by Crippen LogP contribution is -2.45. The van der Waals surface area contributed by atoms with Gasteiger partial charge in [-0.2, -0.15) is 0 Å². The Morgan fingerprint density at radius 3 is 3.05 bits per heavy atom. The lowest BCUT2D eigenvalue weighted by molar-refractivity contribution is 0.208. The molecule has 0 aliphatic carbocycles. The molecule has 0 spiro atoms. The van der Waals surface area contributed by atoms with E-state index in [0.29, 0.717) is 18.4 Å². The molecule has 0 saturated carbocycles. The number of pyridine rings is 1. The zero-order valence-corrected chi connectivity index (χ0v) is 11.7. The van der Waals surface area contributed by atoms with E-state index in [1.807, 2.05) is 13.8 Å². The average Bonchev–Trinajstić information content (AvgIpc) is 2.80. The van der Waals surface area contributed by atoms with Crippen molar-refractivity contribution in [3.8, 4) is 0 Å². The van der Waals surface area contributed by atoms with Gasteiger partial charge in [-0.1, -0.05) is 6.92 Å². The third-order valence-corrected chi connectivity index (χ3v) is 3.57. The Morgan fingerprint density at radius 1 is 1.65 bits per heavy atom. The summed E-state index contributed by atoms with van der Waals surface area (Å²) in [6, 6.07) is 0.813. The summed E-state index contributed by atoms with van der Waals surface area (Å²) in [5.41, 5.74) is 0.631. The van der Waals surface area contributed by atoms with E-state index >= 15 is 0 Å². The number of urea groups is 1. The molecule has 1 aliphatic heterocycles. The summed E-state index contributed by atoms with van der Waals surface area (Å²) < 4.78 is 13.3. The Balaban J connectivity index is 2.20. The second-order valence-electron chi connectivity index (χ2n) is 5.07. The van der Waals surface area contributed by atoms with E-state index in [4.69, 9.17) is 5.41 Å². The lowest BCUT2D eigenvalue weighted by Gasteiger charge is -2.26. The minimum atomic E-state index is -0.428. The quantitative estimate of drug-likeness (QED) is 0.892. The van der Waals surface area contributed by atoms with Crippen LogP contribution in [0.2, 0.25) is 0 Å². The van der Waals surface area contributed by atoms with Crippen LogP contribution in [-0.4, -0.2) is 27.8 Å². The Bertz CT molecular complexity index is 520. The van der Waals surface area contributed by atoms with E-state index in [-0.39, 0.29) is 24.0 Å². The van der Waals surface area contributed by atoms with Crippen LogP contribution in [0.15, 0.2) is 18.5 Å². The summed E-state index contributed by atoms with van der Waals surface area (Å²) in [6.07, 6.45) is 4.63. The van der Waals surface area contributed by atoms with E-state index < -0.39 is 5.82 Å². The molecule has 2 atom stereocenters. The highest BCUT2D eigenvalue weighted by atomic mass is 19.1. The molecular weight excluding hydrogens is 259 g/mol. The van der Waals surface area contributed by atoms with Gasteiger partial charge in [0.05, 0.1) is 12.2 Å². The van der Waals surface area contributed by atoms with E-state index in [0.717, 1.165) is 12.6 Å². The highest BCUT2D eigenvalue weighted by Gasteiger charge is 2.35. The number of nitrogens with one attached hydrogen (secondary N) is 2. The molecule has 1 aliphatic rings. The van der Waals surface area contributed by atoms with Crippen molar-refractivity contribution in [2.24, 2.45) is 0 Å². The van der Waals surface area contributed by atoms with Crippen molar-refractivity contribution < 1.29 is 9.18 Å². The van der Waals surface area contributed by atoms with Gasteiger partial charge in [0, 0.05) is 18.7 Å². The molecule has 1 aromatic heterocycles. The van der Waals surface area contributed by atoms with E-state index in [2.05, 4.69) is 10.3 Å². The summed E-state index contributed by atoms with van der Waals surface area (Å²) >= 11 is 0. The Labute approximate surface area is 117 Å². The third kappa shape index (κ3) is 2.95. The molecular formula is C14H19FN4O. The molecule has 2 amide bonds. The lowest BCUT2D eigenvalue weighted by atomic mass is 10.1. The number of likely N-dealkylation sites (tertiary alicyclic amines) is 1. The zero-order chi connectivity index (χ0) is 14.7. The first kappa shape index (κ1) is 14.4. The minimum Gasteiger partial charge on any atom is -0.335 e. The molecule has 20 heavy (non-hydrogen) atoms. The topological polar surface area (TPSA) is 69.1 Å². The van der Waals surface area contributed by atoms with Crippen molar-refractivity contribution >= 4 is 11.9 Å². The van der Waals surface area contributed by atoms with Crippen LogP contribution < -0.4 is 5.32 Å². The van der Waals surface area contributed by atoms with Gasteiger partial charge in [-0.15, -0.1) is 0 Å². The van der Waals surface area contributed by atoms with Crippen LogP contribution >= 0.6 is 0 Å². The van der Waals surface area contributed by atoms with Crippen molar-refractivity contribution in [2.75, 3.05) is 0 Å². The Kier molecular flexibility index (Phi) is 4.32. The summed E-state index contributed by atoms with van der Waals surface area (Å²) in [4.78, 5) is 17.5. The number of halogens is 1. The normalized spacial score (nSPS) is 20.1. The molecule has 6 heteroatoms. The fourth-order valence-corrected chi connectivity index (χ4v) is 2.28. The van der Waals surface area contributed by atoms with E-state index in [1.165, 1.54) is 11.0 Å². The molecule has 1 saturated heterocycles. The minimum absolute atomic E-state index is 0.0437. The predicted molar refractivity (Wildman–Crippen MR) is 74.0 cm³/mol. The van der Waals surface area contributed by atoms with Gasteiger partial charge in [0.25, 0.3) is 0 Å². The number of carbonyl (C=O) groups is 1. The molecule has 2 N–H and O–H groups in total. The SMILES string of the molecule is CCC(C)NC(=O)N1C(=N)CCC1c1cncc(F)c1. The number of amides is 2. The van der Waals surface area contributed by atoms with Crippen LogP contribution in [0.25, 0.3) is 0 Å². The number of carbonyl (C=O) groups excluding carboxylic acids is 1. The molecule has 2 heterocycles. The smallest absolute Gasteiger partial charge is 0.323 e. The first-order valence-electron chi connectivity index (χ1n) is 6.80. The number of amidine groups is 1. The van der Waals surface area contributed by atoms with Gasteiger partial charge in [0.2, 0.25) is 0 Å². The van der Waals surface area contributed by atoms with Crippen molar-refractivity contribution in [1.82, 2.24) is 15.2 Å². The molecule has 5 nitrogen and oxygen atoms in total. The number of aromatic nitrogens is 1. The number of nitrogens with zero attached hydrogens (tertiary/aromatic N) is 2. The van der Waals surface area contributed by atoms with E-state index in [9.17, 15) is 9.18 Å². The van der Waals surface area contributed by atoms with Crippen LogP contribution in [0, 0.1) is 11.2 Å². The highest BCUT2D eigenvalue weighted by molar-refractivity contribution is 5.98. The van der Waals surface area contributed by atoms with Crippen LogP contribution in [0.3, 0.4) is 0 Å². The highest BCUT2D eigenvalue weighted by Crippen LogP contribution is 2.32. The summed E-state index contributed by atoms with van der Waals surface area (Å²) in [5.74, 6) is -0.164. The third-order valence-electron chi connectivity index (χ3n) is 3.57. The van der Waals surface area contributed by atoms with Crippen LogP contribution in [0.1, 0.15) is 44.7 Å². The van der Waals surface area contributed by atoms with Crippen LogP contribution in [0.5, 0.6) is 0 Å². The molecule has 2 rings (SSSR count). The summed E-state index contributed by atoms with van der Waals surface area (Å²) in [6.45, 7) is 3.89. The van der Waals surface area contributed by atoms with Crippen LogP contribution in [-0.2, 0) is 0 Å². The maximum atomic E-state index is 13.3. The zero-order valence-electron chi connectivity index (χ0n) is 11.7. The van der Waals surface area contributed by atoms with Gasteiger partial charge in [0.1, 0.15) is 11.7 Å². The molecule has 1 fully saturated rings. The fraction of sp³-hybridized carbons (Fsp3) is 0.500. The predicted octanol–water partition coefficient (Wildman–Crippen LogP) is 2.84. The largest absolute Gasteiger partial charge is 0.335 e. The number of hydrogen-bond acceptors (Lipinski definition) is 3.